The third kappa shape index (κ3) is 2.70. The van der Waals surface area contributed by atoms with Gasteiger partial charge in [-0.15, -0.1) is 11.8 Å². The Morgan fingerprint density at radius 2 is 2.25 bits per heavy atom. The third-order valence-corrected chi connectivity index (χ3v) is 4.06. The first-order chi connectivity index (χ1) is 9.72. The maximum Gasteiger partial charge on any atom is 0.327 e. The molecule has 0 amide bonds. The van der Waals surface area contributed by atoms with Crippen LogP contribution in [0.4, 0.5) is 0 Å². The van der Waals surface area contributed by atoms with E-state index in [4.69, 9.17) is 5.11 Å². The van der Waals surface area contributed by atoms with E-state index >= 15 is 0 Å². The second kappa shape index (κ2) is 5.42. The Hall–Kier alpha value is -2.21. The topological polar surface area (TPSA) is 67.1 Å². The first-order valence-corrected chi connectivity index (χ1v) is 7.13. The molecule has 0 aliphatic carbocycles. The highest BCUT2D eigenvalue weighted by Crippen LogP contribution is 2.25. The lowest BCUT2D eigenvalue weighted by Crippen LogP contribution is -2.31. The van der Waals surface area contributed by atoms with Crippen LogP contribution in [0.15, 0.2) is 48.0 Å². The molecule has 5 nitrogen and oxygen atoms in total. The molecule has 1 aliphatic heterocycles. The fourth-order valence-electron chi connectivity index (χ4n) is 1.95. The summed E-state index contributed by atoms with van der Waals surface area (Å²) < 4.78 is 1.93. The third-order valence-electron chi connectivity index (χ3n) is 3.01. The van der Waals surface area contributed by atoms with Gasteiger partial charge in [-0.05, 0) is 23.8 Å². The summed E-state index contributed by atoms with van der Waals surface area (Å²) in [6, 6.07) is 7.51. The van der Waals surface area contributed by atoms with Crippen LogP contribution < -0.4 is 5.32 Å². The van der Waals surface area contributed by atoms with Crippen molar-refractivity contribution in [3.63, 3.8) is 0 Å². The Bertz CT molecular complexity index is 635. The van der Waals surface area contributed by atoms with Crippen molar-refractivity contribution in [2.45, 2.75) is 6.04 Å². The highest BCUT2D eigenvalue weighted by Gasteiger charge is 2.24. The number of rotatable bonds is 3. The Morgan fingerprint density at radius 3 is 2.85 bits per heavy atom. The van der Waals surface area contributed by atoms with Crippen LogP contribution in [-0.2, 0) is 4.79 Å². The van der Waals surface area contributed by atoms with Gasteiger partial charge < -0.3 is 15.0 Å². The van der Waals surface area contributed by atoms with Crippen molar-refractivity contribution in [2.24, 2.45) is 0 Å². The van der Waals surface area contributed by atoms with Crippen molar-refractivity contribution < 1.29 is 9.90 Å². The van der Waals surface area contributed by atoms with Gasteiger partial charge in [0.15, 0.2) is 0 Å². The van der Waals surface area contributed by atoms with Gasteiger partial charge in [-0.25, -0.2) is 9.78 Å². The Kier molecular flexibility index (Phi) is 3.47. The molecular formula is C14H13N3O2S. The number of benzene rings is 1. The van der Waals surface area contributed by atoms with Crippen LogP contribution in [0.2, 0.25) is 0 Å². The number of nitrogens with zero attached hydrogens (tertiary/aromatic N) is 2. The van der Waals surface area contributed by atoms with E-state index in [0.717, 1.165) is 16.3 Å². The van der Waals surface area contributed by atoms with Crippen molar-refractivity contribution in [1.29, 1.82) is 0 Å². The summed E-state index contributed by atoms with van der Waals surface area (Å²) in [6.07, 6.45) is 7.34. The van der Waals surface area contributed by atoms with Gasteiger partial charge in [-0.1, -0.05) is 12.1 Å². The van der Waals surface area contributed by atoms with Crippen molar-refractivity contribution in [3.8, 4) is 5.69 Å². The number of hydrogen-bond acceptors (Lipinski definition) is 4. The van der Waals surface area contributed by atoms with E-state index in [1.165, 1.54) is 11.8 Å². The predicted octanol–water partition coefficient (Wildman–Crippen LogP) is 1.96. The molecule has 0 unspecified atom stereocenters. The first-order valence-electron chi connectivity index (χ1n) is 6.14. The van der Waals surface area contributed by atoms with E-state index in [1.807, 2.05) is 41.1 Å². The molecule has 0 spiro atoms. The first kappa shape index (κ1) is 12.8. The number of carbonyl (C=O) groups is 1. The Labute approximate surface area is 120 Å². The normalized spacial score (nSPS) is 20.0. The predicted molar refractivity (Wildman–Crippen MR) is 78.6 cm³/mol. The minimum absolute atomic E-state index is 0.489. The van der Waals surface area contributed by atoms with Crippen LogP contribution >= 0.6 is 11.8 Å². The van der Waals surface area contributed by atoms with E-state index in [0.29, 0.717) is 5.75 Å². The van der Waals surface area contributed by atoms with Crippen molar-refractivity contribution >= 4 is 23.8 Å². The standard InChI is InChI=1S/C14H13N3O2S/c18-14(19)12-8-20-13(16-12)7-10-1-3-11(4-2-10)17-6-5-15-9-17/h1-7,9,12,16H,8H2,(H,18,19)/b13-7-/t12-/m1/s1. The molecule has 2 aromatic rings. The van der Waals surface area contributed by atoms with E-state index in [9.17, 15) is 4.79 Å². The van der Waals surface area contributed by atoms with Crippen LogP contribution in [-0.4, -0.2) is 32.4 Å². The molecule has 1 atom stereocenters. The lowest BCUT2D eigenvalue weighted by Gasteiger charge is -2.04. The summed E-state index contributed by atoms with van der Waals surface area (Å²) >= 11 is 1.53. The van der Waals surface area contributed by atoms with Crippen LogP contribution in [0.3, 0.4) is 0 Å². The van der Waals surface area contributed by atoms with Crippen LogP contribution in [0, 0.1) is 0 Å². The summed E-state index contributed by atoms with van der Waals surface area (Å²) in [5.74, 6) is -0.245. The SMILES string of the molecule is O=C(O)[C@H]1CS/C(=C\c2ccc(-n3ccnc3)cc2)N1. The van der Waals surface area contributed by atoms with Gasteiger partial charge in [0, 0.05) is 23.8 Å². The van der Waals surface area contributed by atoms with Crippen LogP contribution in [0.1, 0.15) is 5.56 Å². The molecule has 3 rings (SSSR count). The number of aliphatic carboxylic acids is 1. The molecule has 6 heteroatoms. The number of hydrogen-bond donors (Lipinski definition) is 2. The second-order valence-corrected chi connectivity index (χ2v) is 5.48. The number of imidazole rings is 1. The maximum absolute atomic E-state index is 10.9. The molecule has 0 bridgehead atoms. The Morgan fingerprint density at radius 1 is 1.45 bits per heavy atom. The highest BCUT2D eigenvalue weighted by molar-refractivity contribution is 8.03. The van der Waals surface area contributed by atoms with Gasteiger partial charge in [0.05, 0.1) is 11.4 Å². The summed E-state index contributed by atoms with van der Waals surface area (Å²) in [5, 5.41) is 12.8. The van der Waals surface area contributed by atoms with Crippen LogP contribution in [0.25, 0.3) is 11.8 Å². The monoisotopic (exact) mass is 287 g/mol. The average Bonchev–Trinajstić information content (AvgIpc) is 3.10. The molecule has 0 radical (unpaired) electrons. The zero-order chi connectivity index (χ0) is 13.9. The molecule has 1 aromatic carbocycles. The summed E-state index contributed by atoms with van der Waals surface area (Å²) in [6.45, 7) is 0. The van der Waals surface area contributed by atoms with E-state index in [2.05, 4.69) is 10.3 Å². The summed E-state index contributed by atoms with van der Waals surface area (Å²) in [7, 11) is 0. The van der Waals surface area contributed by atoms with E-state index in [-0.39, 0.29) is 0 Å². The minimum atomic E-state index is -0.809. The van der Waals surface area contributed by atoms with E-state index < -0.39 is 12.0 Å². The van der Waals surface area contributed by atoms with Gasteiger partial charge in [0.25, 0.3) is 0 Å². The second-order valence-electron chi connectivity index (χ2n) is 4.42. The highest BCUT2D eigenvalue weighted by atomic mass is 32.2. The number of carboxylic acids is 1. The fourth-order valence-corrected chi connectivity index (χ4v) is 2.97. The molecule has 2 heterocycles. The molecule has 1 saturated heterocycles. The molecule has 1 fully saturated rings. The molecular weight excluding hydrogens is 274 g/mol. The van der Waals surface area contributed by atoms with Crippen LogP contribution in [0.5, 0.6) is 0 Å². The lowest BCUT2D eigenvalue weighted by atomic mass is 10.2. The molecule has 1 aromatic heterocycles. The van der Waals surface area contributed by atoms with Gasteiger partial charge in [0.2, 0.25) is 0 Å². The number of thioether (sulfide) groups is 1. The fraction of sp³-hybridized carbons (Fsp3) is 0.143. The Balaban J connectivity index is 1.74. The smallest absolute Gasteiger partial charge is 0.327 e. The van der Waals surface area contributed by atoms with Gasteiger partial charge in [-0.2, -0.15) is 0 Å². The summed E-state index contributed by atoms with van der Waals surface area (Å²) in [5.41, 5.74) is 2.08. The zero-order valence-electron chi connectivity index (χ0n) is 10.6. The molecule has 20 heavy (non-hydrogen) atoms. The van der Waals surface area contributed by atoms with Gasteiger partial charge in [-0.3, -0.25) is 0 Å². The van der Waals surface area contributed by atoms with Gasteiger partial charge in [0.1, 0.15) is 6.04 Å². The van der Waals surface area contributed by atoms with Gasteiger partial charge >= 0.3 is 5.97 Å². The molecule has 102 valence electrons. The van der Waals surface area contributed by atoms with E-state index in [1.54, 1.807) is 12.5 Å². The number of aromatic nitrogens is 2. The average molecular weight is 287 g/mol. The largest absolute Gasteiger partial charge is 0.480 e. The van der Waals surface area contributed by atoms with Crippen molar-refractivity contribution in [3.05, 3.63) is 53.6 Å². The minimum Gasteiger partial charge on any atom is -0.480 e. The van der Waals surface area contributed by atoms with Crippen molar-refractivity contribution in [2.75, 3.05) is 5.75 Å². The zero-order valence-corrected chi connectivity index (χ0v) is 11.4. The number of nitrogens with one attached hydrogen (secondary N) is 1. The summed E-state index contributed by atoms with van der Waals surface area (Å²) in [4.78, 5) is 14.9. The maximum atomic E-state index is 10.9. The number of carboxylic acid groups (broad SMARTS) is 1. The van der Waals surface area contributed by atoms with Crippen molar-refractivity contribution in [1.82, 2.24) is 14.9 Å². The quantitative estimate of drug-likeness (QED) is 0.903. The molecule has 2 N–H and O–H groups in total. The molecule has 1 aliphatic rings. The molecule has 0 saturated carbocycles. The lowest BCUT2D eigenvalue weighted by molar-refractivity contribution is -0.138.